The highest BCUT2D eigenvalue weighted by Gasteiger charge is 2.44. The van der Waals surface area contributed by atoms with Crippen LogP contribution in [0.3, 0.4) is 0 Å². The van der Waals surface area contributed by atoms with Gasteiger partial charge >= 0.3 is 0 Å². The number of hydrogen-bond acceptors (Lipinski definition) is 4. The van der Waals surface area contributed by atoms with Crippen molar-refractivity contribution in [3.05, 3.63) is 59.4 Å². The predicted octanol–water partition coefficient (Wildman–Crippen LogP) is 4.80. The standard InChI is InChI=1S/C26H30FN3O/c1-31-25-4-2-3-18(15-25)20-11-21-13-24(14-22(21)12-20)30-9-7-29(8-10-30)23-6-5-19(17-28)26(27)16-23/h2-6,15-16,20-22,24H,7-14H2,1H3. The lowest BCUT2D eigenvalue weighted by Gasteiger charge is -2.39. The maximum atomic E-state index is 14.0. The van der Waals surface area contributed by atoms with Crippen LogP contribution in [0.5, 0.6) is 5.75 Å². The van der Waals surface area contributed by atoms with E-state index >= 15 is 0 Å². The number of benzene rings is 2. The fourth-order valence-corrected chi connectivity index (χ4v) is 6.19. The molecule has 2 unspecified atom stereocenters. The van der Waals surface area contributed by atoms with Crippen molar-refractivity contribution in [1.82, 2.24) is 4.90 Å². The largest absolute Gasteiger partial charge is 0.497 e. The predicted molar refractivity (Wildman–Crippen MR) is 120 cm³/mol. The lowest BCUT2D eigenvalue weighted by atomic mass is 9.93. The zero-order chi connectivity index (χ0) is 21.4. The first-order valence-electron chi connectivity index (χ1n) is 11.5. The Kier molecular flexibility index (Phi) is 5.58. The molecule has 1 saturated heterocycles. The van der Waals surface area contributed by atoms with E-state index in [9.17, 15) is 4.39 Å². The van der Waals surface area contributed by atoms with Crippen LogP contribution < -0.4 is 9.64 Å². The Bertz CT molecular complexity index is 965. The van der Waals surface area contributed by atoms with Gasteiger partial charge in [0.15, 0.2) is 0 Å². The summed E-state index contributed by atoms with van der Waals surface area (Å²) in [6.07, 6.45) is 5.24. The van der Waals surface area contributed by atoms with Crippen molar-refractivity contribution in [1.29, 1.82) is 5.26 Å². The van der Waals surface area contributed by atoms with Crippen molar-refractivity contribution in [2.24, 2.45) is 11.8 Å². The maximum Gasteiger partial charge on any atom is 0.143 e. The van der Waals surface area contributed by atoms with E-state index in [1.165, 1.54) is 37.3 Å². The molecule has 0 spiro atoms. The van der Waals surface area contributed by atoms with Gasteiger partial charge in [0.1, 0.15) is 17.6 Å². The van der Waals surface area contributed by atoms with E-state index in [4.69, 9.17) is 10.00 Å². The molecule has 2 atom stereocenters. The lowest BCUT2D eigenvalue weighted by molar-refractivity contribution is 0.179. The highest BCUT2D eigenvalue weighted by atomic mass is 19.1. The molecule has 5 heteroatoms. The number of nitriles is 1. The zero-order valence-corrected chi connectivity index (χ0v) is 18.1. The number of hydrogen-bond donors (Lipinski definition) is 0. The SMILES string of the molecule is COc1cccc(C2CC3CC(N4CCN(c5ccc(C#N)c(F)c5)CC4)CC3C2)c1. The molecule has 2 saturated carbocycles. The Hall–Kier alpha value is -2.58. The van der Waals surface area contributed by atoms with Crippen LogP contribution in [0.1, 0.15) is 42.7 Å². The molecule has 0 radical (unpaired) electrons. The van der Waals surface area contributed by atoms with Crippen LogP contribution in [0.25, 0.3) is 0 Å². The van der Waals surface area contributed by atoms with Crippen LogP contribution in [0.2, 0.25) is 0 Å². The van der Waals surface area contributed by atoms with Crippen LogP contribution in [0.4, 0.5) is 10.1 Å². The van der Waals surface area contributed by atoms with Gasteiger partial charge in [-0.3, -0.25) is 4.90 Å². The van der Waals surface area contributed by atoms with Crippen molar-refractivity contribution >= 4 is 5.69 Å². The average Bonchev–Trinajstić information content (AvgIpc) is 3.39. The van der Waals surface area contributed by atoms with Crippen molar-refractivity contribution in [2.75, 3.05) is 38.2 Å². The summed E-state index contributed by atoms with van der Waals surface area (Å²) in [4.78, 5) is 4.91. The summed E-state index contributed by atoms with van der Waals surface area (Å²) in [7, 11) is 1.74. The third kappa shape index (κ3) is 4.02. The molecule has 2 aromatic carbocycles. The van der Waals surface area contributed by atoms with E-state index in [0.717, 1.165) is 49.5 Å². The molecule has 0 aromatic heterocycles. The van der Waals surface area contributed by atoms with Crippen LogP contribution in [-0.4, -0.2) is 44.2 Å². The topological polar surface area (TPSA) is 39.5 Å². The van der Waals surface area contributed by atoms with Gasteiger partial charge in [-0.2, -0.15) is 5.26 Å². The monoisotopic (exact) mass is 419 g/mol. The average molecular weight is 420 g/mol. The summed E-state index contributed by atoms with van der Waals surface area (Å²) in [6.45, 7) is 3.91. The van der Waals surface area contributed by atoms with Crippen LogP contribution in [0.15, 0.2) is 42.5 Å². The van der Waals surface area contributed by atoms with Gasteiger partial charge in [-0.25, -0.2) is 4.39 Å². The summed E-state index contributed by atoms with van der Waals surface area (Å²) in [6, 6.07) is 16.2. The van der Waals surface area contributed by atoms with E-state index in [-0.39, 0.29) is 5.56 Å². The third-order valence-corrected chi connectivity index (χ3v) is 7.82. The Morgan fingerprint density at radius 1 is 0.968 bits per heavy atom. The van der Waals surface area contributed by atoms with Crippen molar-refractivity contribution < 1.29 is 9.13 Å². The van der Waals surface area contributed by atoms with Gasteiger partial charge in [-0.15, -0.1) is 0 Å². The van der Waals surface area contributed by atoms with Gasteiger partial charge in [0.25, 0.3) is 0 Å². The number of nitrogens with zero attached hydrogens (tertiary/aromatic N) is 3. The number of anilines is 1. The smallest absolute Gasteiger partial charge is 0.143 e. The highest BCUT2D eigenvalue weighted by Crippen LogP contribution is 2.51. The normalized spacial score (nSPS) is 28.4. The number of piperazine rings is 1. The van der Waals surface area contributed by atoms with E-state index in [1.807, 2.05) is 18.2 Å². The fourth-order valence-electron chi connectivity index (χ4n) is 6.19. The van der Waals surface area contributed by atoms with Gasteiger partial charge in [-0.05, 0) is 79.3 Å². The van der Waals surface area contributed by atoms with Crippen molar-refractivity contribution in [3.63, 3.8) is 0 Å². The minimum absolute atomic E-state index is 0.118. The molecule has 3 aliphatic rings. The minimum Gasteiger partial charge on any atom is -0.497 e. The first-order chi connectivity index (χ1) is 15.1. The molecule has 2 aromatic rings. The van der Waals surface area contributed by atoms with E-state index in [1.54, 1.807) is 13.2 Å². The van der Waals surface area contributed by atoms with E-state index < -0.39 is 5.82 Å². The van der Waals surface area contributed by atoms with Crippen LogP contribution in [-0.2, 0) is 0 Å². The fraction of sp³-hybridized carbons (Fsp3) is 0.500. The first-order valence-corrected chi connectivity index (χ1v) is 11.5. The highest BCUT2D eigenvalue weighted by molar-refractivity contribution is 5.50. The molecule has 5 rings (SSSR count). The molecule has 1 aliphatic heterocycles. The van der Waals surface area contributed by atoms with Gasteiger partial charge in [-0.1, -0.05) is 12.1 Å². The van der Waals surface area contributed by atoms with Gasteiger partial charge in [0, 0.05) is 37.9 Å². The molecule has 31 heavy (non-hydrogen) atoms. The molecular weight excluding hydrogens is 389 g/mol. The molecule has 4 nitrogen and oxygen atoms in total. The summed E-state index contributed by atoms with van der Waals surface area (Å²) >= 11 is 0. The zero-order valence-electron chi connectivity index (χ0n) is 18.1. The number of halogens is 1. The second-order valence-electron chi connectivity index (χ2n) is 9.39. The summed E-state index contributed by atoms with van der Waals surface area (Å²) < 4.78 is 19.4. The van der Waals surface area contributed by atoms with Crippen LogP contribution >= 0.6 is 0 Å². The Balaban J connectivity index is 1.15. The van der Waals surface area contributed by atoms with Crippen molar-refractivity contribution in [3.8, 4) is 11.8 Å². The maximum absolute atomic E-state index is 14.0. The molecular formula is C26H30FN3O. The second-order valence-corrected chi connectivity index (χ2v) is 9.39. The van der Waals surface area contributed by atoms with E-state index in [2.05, 4.69) is 28.0 Å². The van der Waals surface area contributed by atoms with Gasteiger partial charge < -0.3 is 9.64 Å². The number of methoxy groups -OCH3 is 1. The molecule has 162 valence electrons. The molecule has 3 fully saturated rings. The van der Waals surface area contributed by atoms with Crippen LogP contribution in [0, 0.1) is 29.0 Å². The van der Waals surface area contributed by atoms with Gasteiger partial charge in [0.2, 0.25) is 0 Å². The molecule has 0 N–H and O–H groups in total. The number of ether oxygens (including phenoxy) is 1. The quantitative estimate of drug-likeness (QED) is 0.714. The molecule has 2 aliphatic carbocycles. The second kappa shape index (κ2) is 8.51. The molecule has 1 heterocycles. The number of fused-ring (bicyclic) bond motifs is 1. The Morgan fingerprint density at radius 2 is 1.71 bits per heavy atom. The van der Waals surface area contributed by atoms with Crippen molar-refractivity contribution in [2.45, 2.75) is 37.6 Å². The Labute approximate surface area is 184 Å². The van der Waals surface area contributed by atoms with Gasteiger partial charge in [0.05, 0.1) is 12.7 Å². The summed E-state index contributed by atoms with van der Waals surface area (Å²) in [5, 5.41) is 8.93. The minimum atomic E-state index is -0.420. The Morgan fingerprint density at radius 3 is 2.35 bits per heavy atom. The number of rotatable bonds is 4. The molecule has 0 amide bonds. The first kappa shape index (κ1) is 20.3. The summed E-state index contributed by atoms with van der Waals surface area (Å²) in [5.74, 6) is 2.90. The third-order valence-electron chi connectivity index (χ3n) is 7.82. The summed E-state index contributed by atoms with van der Waals surface area (Å²) in [5.41, 5.74) is 2.45. The molecule has 0 bridgehead atoms. The van der Waals surface area contributed by atoms with E-state index in [0.29, 0.717) is 12.0 Å². The lowest BCUT2D eigenvalue weighted by Crippen LogP contribution is -2.50.